The Balaban J connectivity index is 1.72. The highest BCUT2D eigenvalue weighted by Crippen LogP contribution is 2.33. The molecule has 1 atom stereocenters. The standard InChI is InChI=1S/C27H30N2O4S2/c1-16(2)12-13-32-20-10-8-19(9-11-20)15-22-25(30)29-24(21-7-6-14-34-21)23(26(31)33-17(3)4)18(5)28-27(29)35-22/h6-11,14-17,24H,12-13H2,1-5H3/b22-15+/t24-/m0/s1. The van der Waals surface area contributed by atoms with Gasteiger partial charge in [0.2, 0.25) is 0 Å². The van der Waals surface area contributed by atoms with Gasteiger partial charge in [-0.25, -0.2) is 9.79 Å². The second-order valence-electron chi connectivity index (χ2n) is 9.15. The summed E-state index contributed by atoms with van der Waals surface area (Å²) in [7, 11) is 0. The number of thiophene rings is 1. The number of hydrogen-bond donors (Lipinski definition) is 0. The number of esters is 1. The minimum absolute atomic E-state index is 0.174. The van der Waals surface area contributed by atoms with Gasteiger partial charge in [-0.05, 0) is 68.3 Å². The zero-order chi connectivity index (χ0) is 25.1. The summed E-state index contributed by atoms with van der Waals surface area (Å²) >= 11 is 2.83. The van der Waals surface area contributed by atoms with Crippen molar-refractivity contribution in [2.24, 2.45) is 10.9 Å². The lowest BCUT2D eigenvalue weighted by atomic mass is 10.0. The first-order valence-electron chi connectivity index (χ1n) is 11.7. The highest BCUT2D eigenvalue weighted by Gasteiger charge is 2.34. The molecule has 0 aliphatic carbocycles. The minimum Gasteiger partial charge on any atom is -0.494 e. The van der Waals surface area contributed by atoms with Crippen LogP contribution in [0.2, 0.25) is 0 Å². The molecular formula is C27H30N2O4S2. The zero-order valence-corrected chi connectivity index (χ0v) is 22.2. The van der Waals surface area contributed by atoms with Crippen molar-refractivity contribution >= 4 is 34.7 Å². The number of ether oxygens (including phenoxy) is 2. The molecule has 0 amide bonds. The van der Waals surface area contributed by atoms with Crippen LogP contribution in [0.1, 0.15) is 57.5 Å². The Hall–Kier alpha value is -2.97. The van der Waals surface area contributed by atoms with Crippen LogP contribution in [0.4, 0.5) is 0 Å². The quantitative estimate of drug-likeness (QED) is 0.413. The summed E-state index contributed by atoms with van der Waals surface area (Å²) in [6, 6.07) is 11.0. The molecule has 0 unspecified atom stereocenters. The average molecular weight is 511 g/mol. The number of carbonyl (C=O) groups excluding carboxylic acids is 1. The Kier molecular flexibility index (Phi) is 7.72. The first-order chi connectivity index (χ1) is 16.7. The summed E-state index contributed by atoms with van der Waals surface area (Å²) in [5.41, 5.74) is 1.70. The minimum atomic E-state index is -0.559. The van der Waals surface area contributed by atoms with Gasteiger partial charge in [0.05, 0.1) is 28.5 Å². The van der Waals surface area contributed by atoms with Crippen LogP contribution in [-0.2, 0) is 9.53 Å². The Morgan fingerprint density at radius 1 is 1.17 bits per heavy atom. The number of thiazole rings is 1. The van der Waals surface area contributed by atoms with Crippen molar-refractivity contribution in [1.29, 1.82) is 0 Å². The summed E-state index contributed by atoms with van der Waals surface area (Å²) in [5, 5.41) is 1.94. The smallest absolute Gasteiger partial charge is 0.338 e. The van der Waals surface area contributed by atoms with Crippen molar-refractivity contribution in [2.75, 3.05) is 6.61 Å². The molecule has 0 saturated heterocycles. The molecule has 1 aromatic carbocycles. The Morgan fingerprint density at radius 3 is 2.54 bits per heavy atom. The molecule has 6 nitrogen and oxygen atoms in total. The van der Waals surface area contributed by atoms with E-state index in [4.69, 9.17) is 9.47 Å². The van der Waals surface area contributed by atoms with Crippen molar-refractivity contribution in [3.8, 4) is 5.75 Å². The SMILES string of the molecule is CC1=C(C(=O)OC(C)C)[C@H](c2cccs2)n2c(s/c(=C/c3ccc(OCCC(C)C)cc3)c2=O)=N1. The van der Waals surface area contributed by atoms with Gasteiger partial charge in [-0.2, -0.15) is 0 Å². The molecule has 0 saturated carbocycles. The summed E-state index contributed by atoms with van der Waals surface area (Å²) < 4.78 is 13.5. The Morgan fingerprint density at radius 2 is 1.91 bits per heavy atom. The van der Waals surface area contributed by atoms with E-state index in [1.807, 2.05) is 61.7 Å². The van der Waals surface area contributed by atoms with Crippen LogP contribution in [0.15, 0.2) is 62.8 Å². The largest absolute Gasteiger partial charge is 0.494 e. The van der Waals surface area contributed by atoms with Crippen LogP contribution in [0, 0.1) is 5.92 Å². The molecule has 35 heavy (non-hydrogen) atoms. The fraction of sp³-hybridized carbons (Fsp3) is 0.370. The monoisotopic (exact) mass is 510 g/mol. The van der Waals surface area contributed by atoms with Gasteiger partial charge in [-0.3, -0.25) is 9.36 Å². The van der Waals surface area contributed by atoms with Gasteiger partial charge in [0.15, 0.2) is 4.80 Å². The van der Waals surface area contributed by atoms with Crippen molar-refractivity contribution in [3.05, 3.63) is 83.2 Å². The predicted molar refractivity (Wildman–Crippen MR) is 141 cm³/mol. The predicted octanol–water partition coefficient (Wildman–Crippen LogP) is 4.67. The molecule has 0 fully saturated rings. The molecule has 0 spiro atoms. The summed E-state index contributed by atoms with van der Waals surface area (Å²) in [6.07, 6.45) is 2.59. The van der Waals surface area contributed by atoms with E-state index in [0.29, 0.717) is 33.1 Å². The molecule has 1 aliphatic rings. The van der Waals surface area contributed by atoms with Gasteiger partial charge in [0.25, 0.3) is 5.56 Å². The van der Waals surface area contributed by atoms with Gasteiger partial charge in [-0.1, -0.05) is 43.4 Å². The molecule has 0 bridgehead atoms. The maximum absolute atomic E-state index is 13.6. The lowest BCUT2D eigenvalue weighted by molar-refractivity contribution is -0.143. The van der Waals surface area contributed by atoms with E-state index in [9.17, 15) is 9.59 Å². The Labute approximate surface area is 212 Å². The lowest BCUT2D eigenvalue weighted by Gasteiger charge is -2.24. The highest BCUT2D eigenvalue weighted by molar-refractivity contribution is 7.10. The third kappa shape index (κ3) is 5.65. The fourth-order valence-corrected chi connectivity index (χ4v) is 5.67. The molecule has 4 rings (SSSR count). The second kappa shape index (κ2) is 10.7. The van der Waals surface area contributed by atoms with Crippen LogP contribution in [0.3, 0.4) is 0 Å². The maximum atomic E-state index is 13.6. The Bertz CT molecular complexity index is 1390. The number of hydrogen-bond acceptors (Lipinski definition) is 7. The average Bonchev–Trinajstić information content (AvgIpc) is 3.42. The molecule has 184 valence electrons. The van der Waals surface area contributed by atoms with E-state index in [1.165, 1.54) is 22.7 Å². The van der Waals surface area contributed by atoms with Crippen LogP contribution >= 0.6 is 22.7 Å². The highest BCUT2D eigenvalue weighted by atomic mass is 32.1. The number of carbonyl (C=O) groups is 1. The van der Waals surface area contributed by atoms with Gasteiger partial charge in [0, 0.05) is 4.88 Å². The van der Waals surface area contributed by atoms with E-state index < -0.39 is 12.0 Å². The van der Waals surface area contributed by atoms with Crippen molar-refractivity contribution in [2.45, 2.75) is 53.2 Å². The number of aromatic nitrogens is 1. The fourth-order valence-electron chi connectivity index (χ4n) is 3.80. The van der Waals surface area contributed by atoms with Crippen LogP contribution in [-0.4, -0.2) is 23.2 Å². The maximum Gasteiger partial charge on any atom is 0.338 e. The molecule has 1 aliphatic heterocycles. The van der Waals surface area contributed by atoms with Gasteiger partial charge < -0.3 is 9.47 Å². The zero-order valence-electron chi connectivity index (χ0n) is 20.6. The molecule has 0 N–H and O–H groups in total. The summed E-state index contributed by atoms with van der Waals surface area (Å²) in [5.74, 6) is 0.961. The topological polar surface area (TPSA) is 69.9 Å². The van der Waals surface area contributed by atoms with E-state index >= 15 is 0 Å². The third-order valence-corrected chi connectivity index (χ3v) is 7.45. The first kappa shape index (κ1) is 25.1. The molecule has 2 aromatic heterocycles. The van der Waals surface area contributed by atoms with E-state index in [-0.39, 0.29) is 11.7 Å². The van der Waals surface area contributed by atoms with Crippen LogP contribution in [0.25, 0.3) is 6.08 Å². The first-order valence-corrected chi connectivity index (χ1v) is 13.4. The summed E-state index contributed by atoms with van der Waals surface area (Å²) in [4.78, 5) is 32.7. The molecule has 3 heterocycles. The molecule has 0 radical (unpaired) electrons. The lowest BCUT2D eigenvalue weighted by Crippen LogP contribution is -2.39. The number of allylic oxidation sites excluding steroid dienone is 1. The van der Waals surface area contributed by atoms with Gasteiger partial charge in [0.1, 0.15) is 11.8 Å². The number of benzene rings is 1. The third-order valence-electron chi connectivity index (χ3n) is 5.54. The number of nitrogens with zero attached hydrogens (tertiary/aromatic N) is 2. The normalized spacial score (nSPS) is 16.0. The van der Waals surface area contributed by atoms with E-state index in [0.717, 1.165) is 22.6 Å². The van der Waals surface area contributed by atoms with Gasteiger partial charge >= 0.3 is 5.97 Å². The molecule has 3 aromatic rings. The van der Waals surface area contributed by atoms with E-state index in [1.54, 1.807) is 11.5 Å². The number of rotatable bonds is 8. The van der Waals surface area contributed by atoms with Crippen molar-refractivity contribution in [3.63, 3.8) is 0 Å². The van der Waals surface area contributed by atoms with Gasteiger partial charge in [-0.15, -0.1) is 11.3 Å². The van der Waals surface area contributed by atoms with Crippen molar-refractivity contribution in [1.82, 2.24) is 4.57 Å². The second-order valence-corrected chi connectivity index (χ2v) is 11.1. The van der Waals surface area contributed by atoms with Crippen LogP contribution < -0.4 is 19.6 Å². The number of fused-ring (bicyclic) bond motifs is 1. The summed E-state index contributed by atoms with van der Waals surface area (Å²) in [6.45, 7) is 10.4. The molecular weight excluding hydrogens is 480 g/mol. The molecule has 8 heteroatoms. The van der Waals surface area contributed by atoms with E-state index in [2.05, 4.69) is 18.8 Å². The van der Waals surface area contributed by atoms with Crippen molar-refractivity contribution < 1.29 is 14.3 Å². The van der Waals surface area contributed by atoms with Crippen LogP contribution in [0.5, 0.6) is 5.75 Å².